The summed E-state index contributed by atoms with van der Waals surface area (Å²) in [7, 11) is 0. The molecule has 2 aromatic rings. The van der Waals surface area contributed by atoms with Gasteiger partial charge in [0.05, 0.1) is 4.91 Å². The average Bonchev–Trinajstić information content (AvgIpc) is 3.10. The van der Waals surface area contributed by atoms with Crippen molar-refractivity contribution in [2.24, 2.45) is 0 Å². The number of thioether (sulfide) groups is 1. The molecule has 1 heterocycles. The van der Waals surface area contributed by atoms with Gasteiger partial charge in [-0.05, 0) is 67.7 Å². The van der Waals surface area contributed by atoms with Gasteiger partial charge in [-0.3, -0.25) is 9.69 Å². The summed E-state index contributed by atoms with van der Waals surface area (Å²) in [5.41, 5.74) is 2.25. The van der Waals surface area contributed by atoms with Crippen molar-refractivity contribution < 1.29 is 14.3 Å². The van der Waals surface area contributed by atoms with Crippen LogP contribution in [0, 0.1) is 0 Å². The summed E-state index contributed by atoms with van der Waals surface area (Å²) in [6, 6.07) is 14.3. The van der Waals surface area contributed by atoms with Gasteiger partial charge in [-0.15, -0.1) is 0 Å². The van der Waals surface area contributed by atoms with Crippen LogP contribution >= 0.6 is 39.9 Å². The lowest BCUT2D eigenvalue weighted by molar-refractivity contribution is -0.121. The molecule has 0 N–H and O–H groups in total. The van der Waals surface area contributed by atoms with Crippen molar-refractivity contribution in [1.29, 1.82) is 0 Å². The summed E-state index contributed by atoms with van der Waals surface area (Å²) in [6.45, 7) is 3.34. The number of thiocarbonyl (C=S) groups is 1. The molecule has 2 aliphatic rings. The van der Waals surface area contributed by atoms with E-state index in [0.29, 0.717) is 40.7 Å². The second kappa shape index (κ2) is 11.5. The summed E-state index contributed by atoms with van der Waals surface area (Å²) in [4.78, 5) is 14.8. The van der Waals surface area contributed by atoms with Gasteiger partial charge in [0, 0.05) is 16.6 Å². The van der Waals surface area contributed by atoms with Crippen LogP contribution in [0.4, 0.5) is 0 Å². The van der Waals surface area contributed by atoms with Crippen molar-refractivity contribution in [2.75, 3.05) is 19.8 Å². The summed E-state index contributed by atoms with van der Waals surface area (Å²) < 4.78 is 13.4. The fourth-order valence-corrected chi connectivity index (χ4v) is 6.01. The molecule has 1 amide bonds. The first-order valence-electron chi connectivity index (χ1n) is 11.5. The quantitative estimate of drug-likeness (QED) is 0.199. The molecule has 7 heteroatoms. The maximum Gasteiger partial charge on any atom is 0.266 e. The molecule has 0 radical (unpaired) electrons. The number of nitrogens with zero attached hydrogens (tertiary/aromatic N) is 1. The standard InChI is InChI=1S/C26H28BrNO3S2/c1-2-28-25(29)24(33-26(28)32)17-20-16-21(27)10-13-23(20)31-15-14-30-22-11-8-19(9-12-22)18-6-4-3-5-7-18/h8-13,16-18H,2-7,14-15H2,1H3/b24-17-. The van der Waals surface area contributed by atoms with E-state index in [1.807, 2.05) is 31.2 Å². The Kier molecular flexibility index (Phi) is 8.50. The summed E-state index contributed by atoms with van der Waals surface area (Å²) in [6.07, 6.45) is 8.49. The van der Waals surface area contributed by atoms with Gasteiger partial charge in [0.15, 0.2) is 0 Å². The zero-order chi connectivity index (χ0) is 23.2. The Labute approximate surface area is 213 Å². The highest BCUT2D eigenvalue weighted by atomic mass is 79.9. The second-order valence-electron chi connectivity index (χ2n) is 8.21. The minimum atomic E-state index is -0.0570. The molecule has 1 aliphatic heterocycles. The number of likely N-dealkylation sites (N-methyl/N-ethyl adjacent to an activating group) is 1. The fourth-order valence-electron chi connectivity index (χ4n) is 4.26. The Morgan fingerprint density at radius 2 is 1.82 bits per heavy atom. The van der Waals surface area contributed by atoms with Gasteiger partial charge >= 0.3 is 0 Å². The average molecular weight is 547 g/mol. The van der Waals surface area contributed by atoms with Crippen molar-refractivity contribution >= 4 is 56.2 Å². The Morgan fingerprint density at radius 1 is 1.09 bits per heavy atom. The van der Waals surface area contributed by atoms with E-state index >= 15 is 0 Å². The molecule has 2 fully saturated rings. The molecule has 0 atom stereocenters. The van der Waals surface area contributed by atoms with Gasteiger partial charge in [-0.25, -0.2) is 0 Å². The summed E-state index contributed by atoms with van der Waals surface area (Å²) in [5.74, 6) is 2.21. The van der Waals surface area contributed by atoms with Crippen LogP contribution in [0.15, 0.2) is 51.8 Å². The smallest absolute Gasteiger partial charge is 0.266 e. The van der Waals surface area contributed by atoms with E-state index in [4.69, 9.17) is 21.7 Å². The van der Waals surface area contributed by atoms with Crippen molar-refractivity contribution in [1.82, 2.24) is 4.90 Å². The van der Waals surface area contributed by atoms with Crippen molar-refractivity contribution in [2.45, 2.75) is 44.9 Å². The van der Waals surface area contributed by atoms with Gasteiger partial charge in [0.1, 0.15) is 29.0 Å². The van der Waals surface area contributed by atoms with Gasteiger partial charge in [0.25, 0.3) is 5.91 Å². The maximum atomic E-state index is 12.6. The fraction of sp³-hybridized carbons (Fsp3) is 0.385. The number of hydrogen-bond acceptors (Lipinski definition) is 5. The molecule has 2 aromatic carbocycles. The molecule has 33 heavy (non-hydrogen) atoms. The highest BCUT2D eigenvalue weighted by Crippen LogP contribution is 2.35. The number of hydrogen-bond donors (Lipinski definition) is 0. The minimum absolute atomic E-state index is 0.0570. The third-order valence-corrected chi connectivity index (χ3v) is 7.89. The van der Waals surface area contributed by atoms with Crippen LogP contribution in [-0.2, 0) is 4.79 Å². The molecule has 1 saturated heterocycles. The molecular formula is C26H28BrNO3S2. The molecule has 1 saturated carbocycles. The third-order valence-electron chi connectivity index (χ3n) is 6.01. The first kappa shape index (κ1) is 24.3. The molecule has 1 aliphatic carbocycles. The Balaban J connectivity index is 1.34. The summed E-state index contributed by atoms with van der Waals surface area (Å²) >= 11 is 10.1. The van der Waals surface area contributed by atoms with Gasteiger partial charge in [-0.2, -0.15) is 0 Å². The Morgan fingerprint density at radius 3 is 2.52 bits per heavy atom. The predicted molar refractivity (Wildman–Crippen MR) is 143 cm³/mol. The molecular weight excluding hydrogens is 518 g/mol. The number of rotatable bonds is 8. The topological polar surface area (TPSA) is 38.8 Å². The van der Waals surface area contributed by atoms with Crippen LogP contribution in [0.2, 0.25) is 0 Å². The Hall–Kier alpha value is -1.83. The molecule has 4 rings (SSSR count). The molecule has 4 nitrogen and oxygen atoms in total. The van der Waals surface area contributed by atoms with Gasteiger partial charge < -0.3 is 9.47 Å². The number of benzene rings is 2. The molecule has 0 unspecified atom stereocenters. The normalized spacial score (nSPS) is 18.2. The monoisotopic (exact) mass is 545 g/mol. The third kappa shape index (κ3) is 6.19. The predicted octanol–water partition coefficient (Wildman–Crippen LogP) is 7.18. The van der Waals surface area contributed by atoms with E-state index < -0.39 is 0 Å². The van der Waals surface area contributed by atoms with Crippen LogP contribution in [0.1, 0.15) is 56.1 Å². The van der Waals surface area contributed by atoms with Crippen LogP contribution in [0.3, 0.4) is 0 Å². The highest BCUT2D eigenvalue weighted by molar-refractivity contribution is 9.10. The number of carbonyl (C=O) groups is 1. The number of halogens is 1. The highest BCUT2D eigenvalue weighted by Gasteiger charge is 2.30. The SMILES string of the molecule is CCN1C(=O)/C(=C/c2cc(Br)ccc2OCCOc2ccc(C3CCCCC3)cc2)SC1=S. The van der Waals surface area contributed by atoms with E-state index in [0.717, 1.165) is 15.8 Å². The van der Waals surface area contributed by atoms with Gasteiger partial charge in [-0.1, -0.05) is 71.3 Å². The lowest BCUT2D eigenvalue weighted by Gasteiger charge is -2.22. The van der Waals surface area contributed by atoms with E-state index in [9.17, 15) is 4.79 Å². The first-order valence-corrected chi connectivity index (χ1v) is 13.5. The minimum Gasteiger partial charge on any atom is -0.490 e. The van der Waals surface area contributed by atoms with Crippen molar-refractivity contribution in [3.05, 3.63) is 63.0 Å². The number of amides is 1. The zero-order valence-electron chi connectivity index (χ0n) is 18.7. The van der Waals surface area contributed by atoms with Gasteiger partial charge in [0.2, 0.25) is 0 Å². The molecule has 0 bridgehead atoms. The molecule has 0 spiro atoms. The van der Waals surface area contributed by atoms with Crippen LogP contribution in [-0.4, -0.2) is 34.9 Å². The maximum absolute atomic E-state index is 12.6. The molecule has 174 valence electrons. The first-order chi connectivity index (χ1) is 16.0. The van der Waals surface area contributed by atoms with Crippen LogP contribution in [0.5, 0.6) is 11.5 Å². The largest absolute Gasteiger partial charge is 0.490 e. The van der Waals surface area contributed by atoms with E-state index in [1.165, 1.54) is 49.4 Å². The summed E-state index contributed by atoms with van der Waals surface area (Å²) in [5, 5.41) is 0. The van der Waals surface area contributed by atoms with Crippen LogP contribution in [0.25, 0.3) is 6.08 Å². The lowest BCUT2D eigenvalue weighted by Crippen LogP contribution is -2.27. The number of ether oxygens (including phenoxy) is 2. The van der Waals surface area contributed by atoms with Crippen LogP contribution < -0.4 is 9.47 Å². The Bertz CT molecular complexity index is 1030. The second-order valence-corrected chi connectivity index (χ2v) is 10.8. The van der Waals surface area contributed by atoms with E-state index in [-0.39, 0.29) is 5.91 Å². The number of carbonyl (C=O) groups excluding carboxylic acids is 1. The zero-order valence-corrected chi connectivity index (χ0v) is 21.9. The molecule has 0 aromatic heterocycles. The lowest BCUT2D eigenvalue weighted by atomic mass is 9.84. The van der Waals surface area contributed by atoms with E-state index in [2.05, 4.69) is 40.2 Å². The van der Waals surface area contributed by atoms with E-state index in [1.54, 1.807) is 4.90 Å². The van der Waals surface area contributed by atoms with Crippen molar-refractivity contribution in [3.63, 3.8) is 0 Å². The van der Waals surface area contributed by atoms with Crippen molar-refractivity contribution in [3.8, 4) is 11.5 Å².